The summed E-state index contributed by atoms with van der Waals surface area (Å²) in [5.74, 6) is -2.56. The highest BCUT2D eigenvalue weighted by Crippen LogP contribution is 2.26. The van der Waals surface area contributed by atoms with Crippen LogP contribution in [0.15, 0.2) is 59.0 Å². The summed E-state index contributed by atoms with van der Waals surface area (Å²) < 4.78 is 29.8. The zero-order chi connectivity index (χ0) is 18.2. The molecule has 0 aliphatic heterocycles. The molecule has 2 aromatic carbocycles. The maximum absolute atomic E-state index is 12.3. The molecule has 0 aliphatic rings. The molecule has 0 spiro atoms. The molecule has 0 unspecified atom stereocenters. The fraction of sp³-hybridized carbons (Fsp3) is 0.111. The number of para-hydroxylation sites is 1. The van der Waals surface area contributed by atoms with Gasteiger partial charge in [-0.2, -0.15) is 14.0 Å². The van der Waals surface area contributed by atoms with E-state index in [9.17, 15) is 18.8 Å². The number of ether oxygens (including phenoxy) is 1. The Bertz CT molecular complexity index is 815. The van der Waals surface area contributed by atoms with Crippen LogP contribution in [-0.4, -0.2) is 18.8 Å². The van der Waals surface area contributed by atoms with Crippen LogP contribution in [0.5, 0.6) is 5.75 Å². The first-order chi connectivity index (χ1) is 12.0. The van der Waals surface area contributed by atoms with Crippen molar-refractivity contribution in [2.45, 2.75) is 10.7 Å². The molecular weight excluding hydrogens is 346 g/mol. The predicted octanol–water partition coefficient (Wildman–Crippen LogP) is 4.56. The topological polar surface area (TPSA) is 62.1 Å². The van der Waals surface area contributed by atoms with Crippen molar-refractivity contribution in [2.24, 2.45) is 0 Å². The lowest BCUT2D eigenvalue weighted by atomic mass is 10.1. The molecule has 0 aromatic heterocycles. The monoisotopic (exact) mass is 360 g/mol. The first-order valence-electron chi connectivity index (χ1n) is 7.14. The van der Waals surface area contributed by atoms with E-state index in [1.807, 2.05) is 6.07 Å². The first kappa shape index (κ1) is 18.5. The van der Waals surface area contributed by atoms with Crippen molar-refractivity contribution in [1.29, 1.82) is 5.26 Å². The van der Waals surface area contributed by atoms with E-state index in [1.54, 1.807) is 24.3 Å². The van der Waals surface area contributed by atoms with Crippen LogP contribution in [0.3, 0.4) is 0 Å². The number of methoxy groups -OCH3 is 1. The van der Waals surface area contributed by atoms with Gasteiger partial charge in [0.25, 0.3) is 11.7 Å². The van der Waals surface area contributed by atoms with Gasteiger partial charge in [-0.05, 0) is 36.4 Å². The Hall–Kier alpha value is -2.85. The summed E-state index contributed by atoms with van der Waals surface area (Å²) in [6.45, 7) is 0. The normalized spacial score (nSPS) is 11.1. The fourth-order valence-electron chi connectivity index (χ4n) is 2.01. The maximum Gasteiger partial charge on any atom is 0.288 e. The van der Waals surface area contributed by atoms with Crippen LogP contribution in [0.2, 0.25) is 0 Å². The number of amides is 1. The van der Waals surface area contributed by atoms with Crippen molar-refractivity contribution in [2.75, 3.05) is 12.4 Å². The van der Waals surface area contributed by atoms with Crippen LogP contribution >= 0.6 is 11.8 Å². The van der Waals surface area contributed by atoms with Gasteiger partial charge in [-0.1, -0.05) is 30.0 Å². The van der Waals surface area contributed by atoms with E-state index < -0.39 is 11.7 Å². The summed E-state index contributed by atoms with van der Waals surface area (Å²) in [6.07, 6.45) is 1.43. The van der Waals surface area contributed by atoms with E-state index in [2.05, 4.69) is 5.32 Å². The minimum Gasteiger partial charge on any atom is -0.496 e. The van der Waals surface area contributed by atoms with Gasteiger partial charge in [-0.25, -0.2) is 0 Å². The number of carbonyl (C=O) groups is 1. The second-order valence-electron chi connectivity index (χ2n) is 4.77. The van der Waals surface area contributed by atoms with E-state index in [0.29, 0.717) is 33.7 Å². The van der Waals surface area contributed by atoms with Gasteiger partial charge in [0.1, 0.15) is 17.4 Å². The highest BCUT2D eigenvalue weighted by molar-refractivity contribution is 7.99. The van der Waals surface area contributed by atoms with Crippen LogP contribution < -0.4 is 10.1 Å². The molecule has 0 atom stereocenters. The van der Waals surface area contributed by atoms with E-state index >= 15 is 0 Å². The zero-order valence-corrected chi connectivity index (χ0v) is 14.0. The standard InChI is InChI=1S/C18H14F2N2O2S/c1-24-16-5-3-2-4-12(16)10-13(11-21)17(23)22-14-6-8-15(9-7-14)25-18(19)20/h2-10,18H,1H3,(H,22,23)/b13-10+. The van der Waals surface area contributed by atoms with Gasteiger partial charge in [0.05, 0.1) is 7.11 Å². The Morgan fingerprint density at radius 3 is 2.52 bits per heavy atom. The molecule has 0 bridgehead atoms. The third-order valence-electron chi connectivity index (χ3n) is 3.14. The molecule has 0 saturated heterocycles. The summed E-state index contributed by atoms with van der Waals surface area (Å²) in [4.78, 5) is 12.6. The van der Waals surface area contributed by atoms with Gasteiger partial charge in [-0.3, -0.25) is 4.79 Å². The minimum absolute atomic E-state index is 0.101. The third-order valence-corrected chi connectivity index (χ3v) is 3.86. The van der Waals surface area contributed by atoms with E-state index in [1.165, 1.54) is 37.5 Å². The molecule has 1 amide bonds. The van der Waals surface area contributed by atoms with Gasteiger partial charge in [0.15, 0.2) is 0 Å². The Kier molecular flexibility index (Phi) is 6.54. The Labute approximate surface area is 148 Å². The number of nitriles is 1. The zero-order valence-electron chi connectivity index (χ0n) is 13.2. The second-order valence-corrected chi connectivity index (χ2v) is 5.83. The van der Waals surface area contributed by atoms with E-state index in [4.69, 9.17) is 4.74 Å². The van der Waals surface area contributed by atoms with Crippen molar-refractivity contribution in [1.82, 2.24) is 0 Å². The number of thioether (sulfide) groups is 1. The lowest BCUT2D eigenvalue weighted by molar-refractivity contribution is -0.112. The lowest BCUT2D eigenvalue weighted by Gasteiger charge is -2.07. The number of carbonyl (C=O) groups excluding carboxylic acids is 1. The number of alkyl halides is 2. The van der Waals surface area contributed by atoms with E-state index in [0.717, 1.165) is 0 Å². The van der Waals surface area contributed by atoms with Crippen molar-refractivity contribution in [3.05, 3.63) is 59.7 Å². The Balaban J connectivity index is 2.15. The van der Waals surface area contributed by atoms with Gasteiger partial charge >= 0.3 is 0 Å². The minimum atomic E-state index is -2.51. The van der Waals surface area contributed by atoms with Crippen LogP contribution in [0, 0.1) is 11.3 Å². The second kappa shape index (κ2) is 8.85. The number of anilines is 1. The number of halogens is 2. The lowest BCUT2D eigenvalue weighted by Crippen LogP contribution is -2.13. The molecule has 25 heavy (non-hydrogen) atoms. The predicted molar refractivity (Wildman–Crippen MR) is 93.5 cm³/mol. The number of nitrogens with one attached hydrogen (secondary N) is 1. The molecule has 2 rings (SSSR count). The molecule has 4 nitrogen and oxygen atoms in total. The van der Waals surface area contributed by atoms with Gasteiger partial charge < -0.3 is 10.1 Å². The molecule has 0 heterocycles. The molecule has 7 heteroatoms. The molecule has 2 aromatic rings. The smallest absolute Gasteiger partial charge is 0.288 e. The number of rotatable bonds is 6. The quantitative estimate of drug-likeness (QED) is 0.466. The molecule has 0 fully saturated rings. The van der Waals surface area contributed by atoms with Gasteiger partial charge in [-0.15, -0.1) is 0 Å². The van der Waals surface area contributed by atoms with Crippen molar-refractivity contribution in [3.8, 4) is 11.8 Å². The Morgan fingerprint density at radius 2 is 1.92 bits per heavy atom. The number of hydrogen-bond donors (Lipinski definition) is 1. The average Bonchev–Trinajstić information content (AvgIpc) is 2.61. The van der Waals surface area contributed by atoms with Crippen LogP contribution in [0.1, 0.15) is 5.56 Å². The molecular formula is C18H14F2N2O2S. The number of hydrogen-bond acceptors (Lipinski definition) is 4. The Morgan fingerprint density at radius 1 is 1.24 bits per heavy atom. The van der Waals surface area contributed by atoms with E-state index in [-0.39, 0.29) is 5.57 Å². The van der Waals surface area contributed by atoms with Crippen molar-refractivity contribution in [3.63, 3.8) is 0 Å². The highest BCUT2D eigenvalue weighted by atomic mass is 32.2. The first-order valence-corrected chi connectivity index (χ1v) is 8.02. The van der Waals surface area contributed by atoms with Crippen molar-refractivity contribution >= 4 is 29.4 Å². The summed E-state index contributed by atoms with van der Waals surface area (Å²) in [5.41, 5.74) is 0.903. The largest absolute Gasteiger partial charge is 0.496 e. The van der Waals surface area contributed by atoms with Crippen LogP contribution in [-0.2, 0) is 4.79 Å². The van der Waals surface area contributed by atoms with Crippen LogP contribution in [0.4, 0.5) is 14.5 Å². The SMILES string of the molecule is COc1ccccc1/C=C(\C#N)C(=O)Nc1ccc(SC(F)F)cc1. The maximum atomic E-state index is 12.3. The molecule has 128 valence electrons. The van der Waals surface area contributed by atoms with Gasteiger partial charge in [0.2, 0.25) is 0 Å². The summed E-state index contributed by atoms with van der Waals surface area (Å²) >= 11 is 0.419. The molecule has 1 N–H and O–H groups in total. The summed E-state index contributed by atoms with van der Waals surface area (Å²) in [7, 11) is 1.50. The average molecular weight is 360 g/mol. The third kappa shape index (κ3) is 5.33. The molecule has 0 radical (unpaired) electrons. The summed E-state index contributed by atoms with van der Waals surface area (Å²) in [5, 5.41) is 11.8. The molecule has 0 aliphatic carbocycles. The van der Waals surface area contributed by atoms with Crippen molar-refractivity contribution < 1.29 is 18.3 Å². The van der Waals surface area contributed by atoms with Gasteiger partial charge in [0, 0.05) is 16.1 Å². The van der Waals surface area contributed by atoms with Crippen LogP contribution in [0.25, 0.3) is 6.08 Å². The highest BCUT2D eigenvalue weighted by Gasteiger charge is 2.11. The number of nitrogens with zero attached hydrogens (tertiary/aromatic N) is 1. The summed E-state index contributed by atoms with van der Waals surface area (Å²) in [6, 6.07) is 14.8. The fourth-order valence-corrected chi connectivity index (χ4v) is 2.51. The molecule has 0 saturated carbocycles. The number of benzene rings is 2.